The van der Waals surface area contributed by atoms with Crippen molar-refractivity contribution >= 4 is 264 Å². The first-order chi connectivity index (χ1) is 63.9. The zero-order valence-corrected chi connectivity index (χ0v) is 61.6. The second-order valence-electron chi connectivity index (χ2n) is 30.9. The average Bonchev–Trinajstić information content (AvgIpc) is 1.66. The first-order valence-electron chi connectivity index (χ1n) is 46.2. The molecule has 8 aromatic heterocycles. The van der Waals surface area contributed by atoms with Crippen molar-refractivity contribution in [1.29, 1.82) is 0 Å². The van der Waals surface area contributed by atoms with E-state index in [9.17, 15) is 19.2 Å². The molecule has 28 rings (SSSR count). The molecule has 0 saturated heterocycles. The number of nitrogens with zero attached hydrogens (tertiary/aromatic N) is 5. The van der Waals surface area contributed by atoms with Crippen molar-refractivity contribution in [3.05, 3.63) is 364 Å². The fraction of sp³-hybridized carbons (Fsp3) is 0. The van der Waals surface area contributed by atoms with E-state index in [4.69, 9.17) is 13.3 Å². The molecule has 0 N–H and O–H groups in total. The van der Waals surface area contributed by atoms with Crippen LogP contribution in [0.1, 0.15) is 19.2 Å². The second kappa shape index (κ2) is 22.6. The third kappa shape index (κ3) is 8.06. The summed E-state index contributed by atoms with van der Waals surface area (Å²) < 4.78 is 168. The Morgan fingerprint density at radius 2 is 0.615 bits per heavy atom. The predicted molar refractivity (Wildman–Crippen MR) is 491 cm³/mol. The van der Waals surface area contributed by atoms with Gasteiger partial charge in [0.1, 0.15) is 33.5 Å². The van der Waals surface area contributed by atoms with Crippen LogP contribution in [-0.4, -0.2) is 20.1 Å². The predicted octanol–water partition coefficient (Wildman–Crippen LogP) is 27.7. The average molecular weight is 1500 g/mol. The molecule has 0 atom stereocenters. The summed E-state index contributed by atoms with van der Waals surface area (Å²) in [4.78, 5) is 4.64. The molecule has 0 saturated carbocycles. The zero-order chi connectivity index (χ0) is 87.9. The quantitative estimate of drug-likeness (QED) is 0.165. The van der Waals surface area contributed by atoms with Crippen molar-refractivity contribution in [2.75, 3.05) is 9.80 Å². The third-order valence-corrected chi connectivity index (χ3v) is 25.3. The molecule has 2 aliphatic rings. The molecule has 26 aromatic rings. The molecule has 0 bridgehead atoms. The number of aromatic nitrogens is 3. The molecular formula is C108H60BN5O3. The summed E-state index contributed by atoms with van der Waals surface area (Å²) in [6.45, 7) is -0.900. The lowest BCUT2D eigenvalue weighted by molar-refractivity contribution is 0.668. The number of hydrogen-bond donors (Lipinski definition) is 0. The van der Waals surface area contributed by atoms with E-state index >= 15 is 0 Å². The summed E-state index contributed by atoms with van der Waals surface area (Å²) in [5.41, 5.74) is 13.8. The summed E-state index contributed by atoms with van der Waals surface area (Å²) >= 11 is 0. The van der Waals surface area contributed by atoms with E-state index in [0.717, 1.165) is 86.9 Å². The third-order valence-electron chi connectivity index (χ3n) is 25.3. The van der Waals surface area contributed by atoms with Gasteiger partial charge in [-0.25, -0.2) is 0 Å². The molecule has 538 valence electrons. The van der Waals surface area contributed by atoms with Gasteiger partial charge in [-0.3, -0.25) is 0 Å². The van der Waals surface area contributed by atoms with Gasteiger partial charge in [0.2, 0.25) is 0 Å². The number of fused-ring (bicyclic) bond motifs is 37. The van der Waals surface area contributed by atoms with Crippen LogP contribution >= 0.6 is 0 Å². The Morgan fingerprint density at radius 1 is 0.231 bits per heavy atom. The van der Waals surface area contributed by atoms with E-state index in [1.54, 1.807) is 0 Å². The number of rotatable bonds is 3. The lowest BCUT2D eigenvalue weighted by atomic mass is 9.33. The number of anilines is 6. The topological polar surface area (TPSA) is 59.6 Å². The van der Waals surface area contributed by atoms with Gasteiger partial charge < -0.3 is 36.4 Å². The van der Waals surface area contributed by atoms with E-state index in [0.29, 0.717) is 122 Å². The van der Waals surface area contributed by atoms with Crippen molar-refractivity contribution in [1.82, 2.24) is 13.4 Å². The standard InChI is InChI=1S/C108H60BN5O3/c1-5-29-66-62(25-1)64-27-3-7-31-68(64)81-57-83-93(59-91(81)113-85-43-15-9-33-70(85)75-41-21-39-73(66)106(75)113)111(88-46-23-51-100-102(88)79-37-13-19-49-98(79)115-100)95-55-61(110-87-45-17-11-36-78(87)104-90(110)54-53-77-72-35-12-18-48-97(72)117-108(77)104)56-96-105(95)109(83)84-58-82-69-32-8-4-28-65(69)63-26-2-6-30-67(63)74-40-22-42-76-71-34-10-16-44-86(71)114(107(74)76)92(82)60-94(84)112(96)89-47-24-52-101-103(89)80-38-14-20-50-99(80)116-101/h1-60H/i9D,10D,15D,16D,21D,22D,33D,34D,39D,40D,41D,42D,43D,44D. The lowest BCUT2D eigenvalue weighted by Crippen LogP contribution is -2.61. The molecule has 0 unspecified atom stereocenters. The Kier molecular flexibility index (Phi) is 9.76. The van der Waals surface area contributed by atoms with E-state index in [2.05, 4.69) is 117 Å². The SMILES string of the molecule is [2H]c1c([2H])c([2H])c2c(c1[2H])c1c([2H])c([2H])c([2H])c3c4ccccc4c4ccccc4c4cc5c(cc4n2c31)N(c1cccc2oc3ccccc3c12)c1cc(-n2c3ccccc3c3c4oc6ccccc6c4ccc32)cc2c1B5c1cc3c4ccccc4c4ccccc4c4c([2H])c([2H])c([2H])c5c6c([2H])c([2H])c([2H])c([2H])c6n(c3cc1N2c1cccc2oc3ccccc3c12)c45. The Labute approximate surface area is 685 Å². The molecule has 0 radical (unpaired) electrons. The number of hydrogen-bond acceptors (Lipinski definition) is 5. The molecule has 0 aliphatic carbocycles. The Balaban J connectivity index is 0.924. The minimum atomic E-state index is -0.900. The Morgan fingerprint density at radius 3 is 1.10 bits per heavy atom. The van der Waals surface area contributed by atoms with Gasteiger partial charge in [-0.05, 0) is 156 Å². The minimum absolute atomic E-state index is 0.0128. The van der Waals surface area contributed by atoms with Gasteiger partial charge >= 0.3 is 0 Å². The van der Waals surface area contributed by atoms with Crippen molar-refractivity contribution in [2.45, 2.75) is 0 Å². The van der Waals surface area contributed by atoms with Gasteiger partial charge in [0.15, 0.2) is 0 Å². The second-order valence-corrected chi connectivity index (χ2v) is 30.9. The van der Waals surface area contributed by atoms with Crippen LogP contribution < -0.4 is 26.2 Å². The normalized spacial score (nSPS) is 14.8. The van der Waals surface area contributed by atoms with Crippen LogP contribution in [0.4, 0.5) is 34.1 Å². The van der Waals surface area contributed by atoms with Crippen molar-refractivity contribution < 1.29 is 32.4 Å². The maximum atomic E-state index is 10.4. The fourth-order valence-electron chi connectivity index (χ4n) is 20.7. The highest BCUT2D eigenvalue weighted by Crippen LogP contribution is 2.54. The van der Waals surface area contributed by atoms with Gasteiger partial charge in [0, 0.05) is 92.8 Å². The zero-order valence-electron chi connectivity index (χ0n) is 75.6. The smallest absolute Gasteiger partial charge is 0.252 e. The molecule has 9 heteroatoms. The number of benzene rings is 18. The van der Waals surface area contributed by atoms with Crippen LogP contribution in [0, 0.1) is 0 Å². The molecule has 0 fully saturated rings. The first-order valence-corrected chi connectivity index (χ1v) is 39.2. The van der Waals surface area contributed by atoms with Gasteiger partial charge in [0.25, 0.3) is 6.71 Å². The van der Waals surface area contributed by atoms with E-state index in [1.807, 2.05) is 185 Å². The first kappa shape index (κ1) is 50.4. The molecule has 0 spiro atoms. The van der Waals surface area contributed by atoms with Crippen molar-refractivity contribution in [2.24, 2.45) is 0 Å². The lowest BCUT2D eigenvalue weighted by Gasteiger charge is -2.45. The molecular weight excluding hydrogens is 1430 g/mol. The van der Waals surface area contributed by atoms with Crippen molar-refractivity contribution in [3.63, 3.8) is 0 Å². The van der Waals surface area contributed by atoms with Crippen LogP contribution in [0.5, 0.6) is 0 Å². The molecule has 117 heavy (non-hydrogen) atoms. The van der Waals surface area contributed by atoms with Gasteiger partial charge in [-0.2, -0.15) is 0 Å². The van der Waals surface area contributed by atoms with Crippen LogP contribution in [0.3, 0.4) is 0 Å². The highest BCUT2D eigenvalue weighted by Gasteiger charge is 2.46. The molecule has 10 heterocycles. The monoisotopic (exact) mass is 1500 g/mol. The highest BCUT2D eigenvalue weighted by molar-refractivity contribution is 7.00. The van der Waals surface area contributed by atoms with Gasteiger partial charge in [-0.15, -0.1) is 0 Å². The largest absolute Gasteiger partial charge is 0.456 e. The Hall–Kier alpha value is -15.6. The highest BCUT2D eigenvalue weighted by atomic mass is 16.3. The molecule has 8 nitrogen and oxygen atoms in total. The maximum absolute atomic E-state index is 10.4. The number of para-hydroxylation sites is 8. The summed E-state index contributed by atoms with van der Waals surface area (Å²) in [5.74, 6) is 0. The maximum Gasteiger partial charge on any atom is 0.252 e. The van der Waals surface area contributed by atoms with E-state index < -0.39 is 67.1 Å². The van der Waals surface area contributed by atoms with Crippen LogP contribution in [-0.2, 0) is 0 Å². The van der Waals surface area contributed by atoms with Gasteiger partial charge in [0.05, 0.1) is 96.5 Å². The van der Waals surface area contributed by atoms with E-state index in [1.165, 1.54) is 0 Å². The molecule has 18 aromatic carbocycles. The summed E-state index contributed by atoms with van der Waals surface area (Å²) in [6.07, 6.45) is 0. The fourth-order valence-corrected chi connectivity index (χ4v) is 20.7. The van der Waals surface area contributed by atoms with E-state index in [-0.39, 0.29) is 78.6 Å². The summed E-state index contributed by atoms with van der Waals surface area (Å²) in [7, 11) is 0. The molecule has 2 aliphatic heterocycles. The minimum Gasteiger partial charge on any atom is -0.456 e. The Bertz CT molecular complexity index is 9620. The van der Waals surface area contributed by atoms with Crippen LogP contribution in [0.15, 0.2) is 377 Å². The number of furan rings is 3. The van der Waals surface area contributed by atoms with Crippen molar-refractivity contribution in [3.8, 4) is 5.69 Å². The van der Waals surface area contributed by atoms with Crippen LogP contribution in [0.2, 0.25) is 0 Å². The summed E-state index contributed by atoms with van der Waals surface area (Å²) in [6, 6.07) is 87.8. The van der Waals surface area contributed by atoms with Gasteiger partial charge in [-0.1, -0.05) is 267 Å². The molecule has 0 amide bonds. The van der Waals surface area contributed by atoms with Crippen LogP contribution in [0.25, 0.3) is 213 Å². The summed E-state index contributed by atoms with van der Waals surface area (Å²) in [5, 5.41) is 14.1.